The second-order valence-electron chi connectivity index (χ2n) is 14.3. The zero-order valence-electron chi connectivity index (χ0n) is 27.5. The van der Waals surface area contributed by atoms with Crippen LogP contribution in [-0.2, 0) is 19.2 Å². The Labute approximate surface area is 276 Å². The van der Waals surface area contributed by atoms with Crippen molar-refractivity contribution in [2.45, 2.75) is 88.9 Å². The highest BCUT2D eigenvalue weighted by atomic mass is 32.2. The fraction of sp³-hybridized carbons (Fsp3) is 0.571. The number of carbonyl (C=O) groups excluding carboxylic acids is 5. The number of nitrogens with zero attached hydrogens (tertiary/aromatic N) is 1. The molecule has 1 aromatic rings. The van der Waals surface area contributed by atoms with Gasteiger partial charge in [0, 0.05) is 30.2 Å². The molecule has 1 aromatic carbocycles. The molecular weight excluding hydrogens is 602 g/mol. The fourth-order valence-corrected chi connectivity index (χ4v) is 7.55. The Balaban J connectivity index is 1.48. The molecule has 1 heterocycles. The molecule has 46 heavy (non-hydrogen) atoms. The molecule has 11 heteroatoms. The number of thioether (sulfide) groups is 1. The number of carbonyl (C=O) groups is 5. The van der Waals surface area contributed by atoms with Crippen LogP contribution in [0.5, 0.6) is 0 Å². The number of fused-ring (bicyclic) bond motifs is 1. The summed E-state index contributed by atoms with van der Waals surface area (Å²) in [7, 11) is 0. The van der Waals surface area contributed by atoms with Gasteiger partial charge >= 0.3 is 6.03 Å². The quantitative estimate of drug-likeness (QED) is 0.106. The molecule has 0 radical (unpaired) electrons. The summed E-state index contributed by atoms with van der Waals surface area (Å²) in [5.74, 6) is 0.615. The fourth-order valence-electron chi connectivity index (χ4n) is 6.39. The molecule has 0 bridgehead atoms. The van der Waals surface area contributed by atoms with Crippen LogP contribution in [0.15, 0.2) is 47.9 Å². The molecule has 4 N–H and O–H groups in total. The highest BCUT2D eigenvalue weighted by Crippen LogP contribution is 2.65. The monoisotopic (exact) mass is 649 g/mol. The molecule has 0 aromatic heterocycles. The van der Waals surface area contributed by atoms with Gasteiger partial charge in [-0.25, -0.2) is 4.79 Å². The van der Waals surface area contributed by atoms with Crippen molar-refractivity contribution in [3.8, 4) is 12.3 Å². The molecule has 2 aliphatic carbocycles. The number of hydrogen-bond donors (Lipinski definition) is 4. The molecule has 5 atom stereocenters. The van der Waals surface area contributed by atoms with E-state index in [-0.39, 0.29) is 48.1 Å². The molecule has 10 nitrogen and oxygen atoms in total. The van der Waals surface area contributed by atoms with E-state index in [1.165, 1.54) is 6.08 Å². The summed E-state index contributed by atoms with van der Waals surface area (Å²) in [6, 6.07) is 6.66. The highest BCUT2D eigenvalue weighted by molar-refractivity contribution is 7.99. The minimum atomic E-state index is -1.14. The molecule has 3 aliphatic rings. The lowest BCUT2D eigenvalue weighted by atomic mass is 9.85. The first-order valence-corrected chi connectivity index (χ1v) is 16.9. The van der Waals surface area contributed by atoms with Crippen molar-refractivity contribution in [3.05, 3.63) is 43.0 Å². The van der Waals surface area contributed by atoms with E-state index in [0.29, 0.717) is 6.54 Å². The van der Waals surface area contributed by atoms with Crippen molar-refractivity contribution < 1.29 is 24.0 Å². The summed E-state index contributed by atoms with van der Waals surface area (Å²) in [6.45, 7) is 13.7. The standard InChI is InChI=1S/C35H47N5O5S/c1-8-10-16-24(27(41)30(43)36-19-9-2)37-29(42)26-25-23(34(25,6)7)20-40(26)31(44)28(33(3,4)5)38-32(45)39-35(17-18-35)21-46-22-14-12-11-13-15-22/h1,9,11-15,23-26,28H,2,10,16-21H2,3-7H3,(H,36,43)(H,37,42)(H2,38,39,45)/t23-,24?,25-,26-,28+/m0/s1. The highest BCUT2D eigenvalue weighted by Gasteiger charge is 2.70. The van der Waals surface area contributed by atoms with Gasteiger partial charge in [0.1, 0.15) is 12.1 Å². The minimum absolute atomic E-state index is 0.0807. The first-order valence-electron chi connectivity index (χ1n) is 15.9. The number of likely N-dealkylation sites (tertiary alicyclic amines) is 1. The van der Waals surface area contributed by atoms with Crippen LogP contribution in [0.4, 0.5) is 4.79 Å². The average molecular weight is 650 g/mol. The van der Waals surface area contributed by atoms with E-state index in [0.717, 1.165) is 23.5 Å². The third-order valence-electron chi connectivity index (χ3n) is 9.48. The zero-order valence-corrected chi connectivity index (χ0v) is 28.3. The van der Waals surface area contributed by atoms with E-state index in [1.54, 1.807) is 16.7 Å². The first kappa shape index (κ1) is 35.1. The number of nitrogens with one attached hydrogen (secondary N) is 4. The van der Waals surface area contributed by atoms with Gasteiger partial charge in [0.2, 0.25) is 17.6 Å². The van der Waals surface area contributed by atoms with Gasteiger partial charge in [-0.05, 0) is 54.1 Å². The molecule has 3 fully saturated rings. The van der Waals surface area contributed by atoms with Crippen molar-refractivity contribution in [1.29, 1.82) is 0 Å². The summed E-state index contributed by atoms with van der Waals surface area (Å²) in [5.41, 5.74) is -1.19. The number of hydrogen-bond acceptors (Lipinski definition) is 6. The van der Waals surface area contributed by atoms with Crippen LogP contribution in [0.3, 0.4) is 0 Å². The van der Waals surface area contributed by atoms with Crippen LogP contribution in [0.2, 0.25) is 0 Å². The summed E-state index contributed by atoms with van der Waals surface area (Å²) in [5, 5.41) is 11.3. The summed E-state index contributed by atoms with van der Waals surface area (Å²) in [6.07, 6.45) is 8.84. The first-order chi connectivity index (χ1) is 21.6. The molecule has 1 saturated heterocycles. The van der Waals surface area contributed by atoms with Gasteiger partial charge in [-0.2, -0.15) is 0 Å². The number of urea groups is 1. The average Bonchev–Trinajstić information content (AvgIpc) is 3.81. The van der Waals surface area contributed by atoms with E-state index >= 15 is 0 Å². The normalized spacial score (nSPS) is 23.0. The van der Waals surface area contributed by atoms with Crippen LogP contribution in [0.1, 0.15) is 60.3 Å². The molecule has 248 valence electrons. The van der Waals surface area contributed by atoms with Gasteiger partial charge < -0.3 is 26.2 Å². The predicted octanol–water partition coefficient (Wildman–Crippen LogP) is 3.28. The van der Waals surface area contributed by atoms with Gasteiger partial charge in [-0.15, -0.1) is 30.7 Å². The van der Waals surface area contributed by atoms with E-state index in [4.69, 9.17) is 6.42 Å². The largest absolute Gasteiger partial charge is 0.346 e. The Morgan fingerprint density at radius 3 is 2.39 bits per heavy atom. The lowest BCUT2D eigenvalue weighted by molar-refractivity contribution is -0.145. The molecular formula is C35H47N5O5S. The second kappa shape index (κ2) is 13.9. The van der Waals surface area contributed by atoms with Crippen molar-refractivity contribution in [3.63, 3.8) is 0 Å². The summed E-state index contributed by atoms with van der Waals surface area (Å²) >= 11 is 1.68. The number of benzene rings is 1. The van der Waals surface area contributed by atoms with Crippen LogP contribution in [0.25, 0.3) is 0 Å². The summed E-state index contributed by atoms with van der Waals surface area (Å²) in [4.78, 5) is 69.6. The molecule has 4 rings (SSSR count). The lowest BCUT2D eigenvalue weighted by Gasteiger charge is -2.38. The zero-order chi connectivity index (χ0) is 33.9. The van der Waals surface area contributed by atoms with E-state index < -0.39 is 47.2 Å². The van der Waals surface area contributed by atoms with Crippen LogP contribution >= 0.6 is 11.8 Å². The van der Waals surface area contributed by atoms with Gasteiger partial charge in [0.05, 0.1) is 11.6 Å². The van der Waals surface area contributed by atoms with Crippen LogP contribution < -0.4 is 21.3 Å². The Hall–Kier alpha value is -3.78. The Morgan fingerprint density at radius 2 is 1.80 bits per heavy atom. The number of Topliss-reactive ketones (excluding diaryl/α,β-unsaturated/α-hetero) is 1. The third kappa shape index (κ3) is 7.95. The van der Waals surface area contributed by atoms with Gasteiger partial charge in [0.25, 0.3) is 5.91 Å². The van der Waals surface area contributed by atoms with Crippen molar-refractivity contribution >= 4 is 41.3 Å². The Morgan fingerprint density at radius 1 is 1.13 bits per heavy atom. The lowest BCUT2D eigenvalue weighted by Crippen LogP contribution is -2.62. The number of rotatable bonds is 14. The number of terminal acetylenes is 1. The Kier molecular flexibility index (Phi) is 10.6. The van der Waals surface area contributed by atoms with Crippen molar-refractivity contribution in [1.82, 2.24) is 26.2 Å². The SMILES string of the molecule is C#CCCC(NC(=O)[C@@H]1[C@@H]2[C@H](CN1C(=O)[C@@H](NC(=O)NC1(CSc3ccccc3)CC1)C(C)(C)C)C2(C)C)C(=O)C(=O)NCC=C. The maximum absolute atomic E-state index is 14.3. The van der Waals surface area contributed by atoms with Crippen molar-refractivity contribution in [2.75, 3.05) is 18.8 Å². The maximum atomic E-state index is 14.3. The predicted molar refractivity (Wildman–Crippen MR) is 179 cm³/mol. The molecule has 5 amide bonds. The van der Waals surface area contributed by atoms with E-state index in [2.05, 4.69) is 47.6 Å². The molecule has 1 unspecified atom stereocenters. The van der Waals surface area contributed by atoms with Gasteiger partial charge in [-0.1, -0.05) is 58.9 Å². The van der Waals surface area contributed by atoms with Gasteiger partial charge in [0.15, 0.2) is 0 Å². The topological polar surface area (TPSA) is 137 Å². The second-order valence-corrected chi connectivity index (χ2v) is 15.4. The number of amides is 5. The minimum Gasteiger partial charge on any atom is -0.346 e. The number of piperidine rings is 1. The third-order valence-corrected chi connectivity index (χ3v) is 10.8. The summed E-state index contributed by atoms with van der Waals surface area (Å²) < 4.78 is 0. The molecule has 2 saturated carbocycles. The van der Waals surface area contributed by atoms with E-state index in [9.17, 15) is 24.0 Å². The maximum Gasteiger partial charge on any atom is 0.315 e. The molecule has 0 spiro atoms. The van der Waals surface area contributed by atoms with Crippen molar-refractivity contribution in [2.24, 2.45) is 22.7 Å². The van der Waals surface area contributed by atoms with Gasteiger partial charge in [-0.3, -0.25) is 19.2 Å². The smallest absolute Gasteiger partial charge is 0.315 e. The molecule has 1 aliphatic heterocycles. The van der Waals surface area contributed by atoms with Crippen LogP contribution in [0, 0.1) is 35.0 Å². The number of ketones is 1. The van der Waals surface area contributed by atoms with E-state index in [1.807, 2.05) is 51.1 Å². The van der Waals surface area contributed by atoms with Crippen LogP contribution in [-0.4, -0.2) is 76.9 Å². The Bertz CT molecular complexity index is 1390.